The van der Waals surface area contributed by atoms with Crippen molar-refractivity contribution in [1.29, 1.82) is 0 Å². The Morgan fingerprint density at radius 3 is 2.53 bits per heavy atom. The second-order valence-electron chi connectivity index (χ2n) is 5.01. The van der Waals surface area contributed by atoms with Crippen LogP contribution < -0.4 is 5.73 Å². The van der Waals surface area contributed by atoms with E-state index in [0.717, 1.165) is 16.5 Å². The molecule has 1 aliphatic rings. The fraction of sp³-hybridized carbons (Fsp3) is 0.500. The molecule has 0 aromatic heterocycles. The maximum atomic E-state index is 9.53. The minimum absolute atomic E-state index is 0.0323. The van der Waals surface area contributed by atoms with Gasteiger partial charge in [0.2, 0.25) is 0 Å². The topological polar surface area (TPSA) is 46.2 Å². The molecule has 2 nitrogen and oxygen atoms in total. The molecule has 1 aliphatic carbocycles. The van der Waals surface area contributed by atoms with Gasteiger partial charge in [-0.2, -0.15) is 0 Å². The van der Waals surface area contributed by atoms with E-state index in [1.807, 2.05) is 12.1 Å². The minimum atomic E-state index is 0.0323. The summed E-state index contributed by atoms with van der Waals surface area (Å²) in [6.07, 6.45) is 1.08. The molecule has 0 bridgehead atoms. The van der Waals surface area contributed by atoms with E-state index in [1.54, 1.807) is 6.07 Å². The molecule has 1 fully saturated rings. The first-order valence-corrected chi connectivity index (χ1v) is 5.91. The standard InChI is InChI=1S/C12H16BrNO/c1-11(2)6-12(11,7-14)9-5-8(15)3-4-10(9)13/h3-5,15H,6-7,14H2,1-2H3. The van der Waals surface area contributed by atoms with Crippen LogP contribution in [0, 0.1) is 5.41 Å². The molecule has 1 aromatic rings. The number of phenolic OH excluding ortho intramolecular Hbond substituents is 1. The molecular formula is C12H16BrNO. The van der Waals surface area contributed by atoms with E-state index in [-0.39, 0.29) is 10.8 Å². The highest BCUT2D eigenvalue weighted by Crippen LogP contribution is 2.64. The molecule has 1 atom stereocenters. The molecule has 1 aromatic carbocycles. The quantitative estimate of drug-likeness (QED) is 0.868. The van der Waals surface area contributed by atoms with Crippen LogP contribution in [-0.4, -0.2) is 11.7 Å². The second kappa shape index (κ2) is 3.22. The number of hydrogen-bond acceptors (Lipinski definition) is 2. The third-order valence-corrected chi connectivity index (χ3v) is 4.42. The largest absolute Gasteiger partial charge is 0.508 e. The number of aromatic hydroxyl groups is 1. The van der Waals surface area contributed by atoms with Gasteiger partial charge in [0.05, 0.1) is 0 Å². The summed E-state index contributed by atoms with van der Waals surface area (Å²) < 4.78 is 1.04. The predicted octanol–water partition coefficient (Wildman–Crippen LogP) is 2.78. The summed E-state index contributed by atoms with van der Waals surface area (Å²) in [6.45, 7) is 5.06. The number of phenols is 1. The summed E-state index contributed by atoms with van der Waals surface area (Å²) >= 11 is 3.53. The van der Waals surface area contributed by atoms with E-state index >= 15 is 0 Å². The van der Waals surface area contributed by atoms with Gasteiger partial charge in [0.1, 0.15) is 5.75 Å². The Morgan fingerprint density at radius 1 is 1.47 bits per heavy atom. The lowest BCUT2D eigenvalue weighted by Gasteiger charge is -2.20. The first kappa shape index (κ1) is 11.0. The van der Waals surface area contributed by atoms with E-state index in [1.165, 1.54) is 0 Å². The van der Waals surface area contributed by atoms with Crippen molar-refractivity contribution in [2.24, 2.45) is 11.1 Å². The molecule has 0 amide bonds. The third kappa shape index (κ3) is 1.49. The number of halogens is 1. The molecule has 3 N–H and O–H groups in total. The summed E-state index contributed by atoms with van der Waals surface area (Å²) in [5.41, 5.74) is 7.29. The highest BCUT2D eigenvalue weighted by Gasteiger charge is 2.61. The van der Waals surface area contributed by atoms with Crippen molar-refractivity contribution in [3.63, 3.8) is 0 Å². The van der Waals surface area contributed by atoms with Crippen LogP contribution in [0.2, 0.25) is 0 Å². The van der Waals surface area contributed by atoms with Crippen molar-refractivity contribution in [3.05, 3.63) is 28.2 Å². The summed E-state index contributed by atoms with van der Waals surface area (Å²) in [5, 5.41) is 9.53. The van der Waals surface area contributed by atoms with Gasteiger partial charge in [0, 0.05) is 16.4 Å². The van der Waals surface area contributed by atoms with Gasteiger partial charge in [-0.05, 0) is 35.6 Å². The molecule has 15 heavy (non-hydrogen) atoms. The van der Waals surface area contributed by atoms with Crippen molar-refractivity contribution in [2.75, 3.05) is 6.54 Å². The molecule has 1 unspecified atom stereocenters. The first-order chi connectivity index (χ1) is 6.93. The number of benzene rings is 1. The van der Waals surface area contributed by atoms with E-state index in [9.17, 15) is 5.11 Å². The first-order valence-electron chi connectivity index (χ1n) is 5.12. The SMILES string of the molecule is CC1(C)CC1(CN)c1cc(O)ccc1Br. The van der Waals surface area contributed by atoms with E-state index in [4.69, 9.17) is 5.73 Å². The molecule has 0 spiro atoms. The van der Waals surface area contributed by atoms with Crippen LogP contribution in [0.4, 0.5) is 0 Å². The van der Waals surface area contributed by atoms with Gasteiger partial charge < -0.3 is 10.8 Å². The summed E-state index contributed by atoms with van der Waals surface area (Å²) in [5.74, 6) is 0.309. The van der Waals surface area contributed by atoms with Crippen molar-refractivity contribution < 1.29 is 5.11 Å². The lowest BCUT2D eigenvalue weighted by atomic mass is 9.88. The van der Waals surface area contributed by atoms with Crippen LogP contribution in [0.5, 0.6) is 5.75 Å². The van der Waals surface area contributed by atoms with Crippen LogP contribution in [-0.2, 0) is 5.41 Å². The second-order valence-corrected chi connectivity index (χ2v) is 5.87. The van der Waals surface area contributed by atoms with Gasteiger partial charge in [-0.1, -0.05) is 29.8 Å². The van der Waals surface area contributed by atoms with Gasteiger partial charge in [0.15, 0.2) is 0 Å². The molecule has 2 rings (SSSR count). The fourth-order valence-electron chi connectivity index (χ4n) is 2.51. The molecule has 3 heteroatoms. The Balaban J connectivity index is 2.50. The van der Waals surface area contributed by atoms with Crippen molar-refractivity contribution in [2.45, 2.75) is 25.7 Å². The molecule has 0 radical (unpaired) electrons. The fourth-order valence-corrected chi connectivity index (χ4v) is 3.13. The third-order valence-electron chi connectivity index (χ3n) is 3.73. The van der Waals surface area contributed by atoms with Crippen molar-refractivity contribution >= 4 is 15.9 Å². The van der Waals surface area contributed by atoms with Crippen molar-refractivity contribution in [3.8, 4) is 5.75 Å². The maximum Gasteiger partial charge on any atom is 0.115 e. The highest BCUT2D eigenvalue weighted by molar-refractivity contribution is 9.10. The minimum Gasteiger partial charge on any atom is -0.508 e. The number of nitrogens with two attached hydrogens (primary N) is 1. The predicted molar refractivity (Wildman–Crippen MR) is 64.9 cm³/mol. The zero-order chi connectivity index (χ0) is 11.3. The average Bonchev–Trinajstić information content (AvgIpc) is 2.74. The van der Waals surface area contributed by atoms with Gasteiger partial charge in [-0.25, -0.2) is 0 Å². The zero-order valence-corrected chi connectivity index (χ0v) is 10.6. The molecule has 0 aliphatic heterocycles. The molecule has 82 valence electrons. The Bertz CT molecular complexity index is 403. The van der Waals surface area contributed by atoms with E-state index in [0.29, 0.717) is 12.3 Å². The molecule has 0 saturated heterocycles. The maximum absolute atomic E-state index is 9.53. The molecule has 1 saturated carbocycles. The van der Waals surface area contributed by atoms with E-state index < -0.39 is 0 Å². The normalized spacial score (nSPS) is 27.7. The molecular weight excluding hydrogens is 254 g/mol. The lowest BCUT2D eigenvalue weighted by molar-refractivity contribution is 0.466. The van der Waals surface area contributed by atoms with Crippen LogP contribution in [0.3, 0.4) is 0 Å². The van der Waals surface area contributed by atoms with Gasteiger partial charge in [-0.3, -0.25) is 0 Å². The highest BCUT2D eigenvalue weighted by atomic mass is 79.9. The summed E-state index contributed by atoms with van der Waals surface area (Å²) in [7, 11) is 0. The van der Waals surface area contributed by atoms with Gasteiger partial charge in [-0.15, -0.1) is 0 Å². The van der Waals surface area contributed by atoms with Crippen LogP contribution in [0.1, 0.15) is 25.8 Å². The number of rotatable bonds is 2. The smallest absolute Gasteiger partial charge is 0.115 e. The number of hydrogen-bond donors (Lipinski definition) is 2. The van der Waals surface area contributed by atoms with Gasteiger partial charge in [0.25, 0.3) is 0 Å². The van der Waals surface area contributed by atoms with Crippen LogP contribution in [0.25, 0.3) is 0 Å². The Kier molecular flexibility index (Phi) is 2.36. The van der Waals surface area contributed by atoms with E-state index in [2.05, 4.69) is 29.8 Å². The Hall–Kier alpha value is -0.540. The Morgan fingerprint density at radius 2 is 2.07 bits per heavy atom. The lowest BCUT2D eigenvalue weighted by Crippen LogP contribution is -2.25. The zero-order valence-electron chi connectivity index (χ0n) is 9.05. The summed E-state index contributed by atoms with van der Waals surface area (Å²) in [6, 6.07) is 5.40. The molecule has 0 heterocycles. The monoisotopic (exact) mass is 269 g/mol. The van der Waals surface area contributed by atoms with Crippen LogP contribution in [0.15, 0.2) is 22.7 Å². The Labute approximate surface area is 98.6 Å². The van der Waals surface area contributed by atoms with Crippen molar-refractivity contribution in [1.82, 2.24) is 0 Å². The summed E-state index contributed by atoms with van der Waals surface area (Å²) in [4.78, 5) is 0. The van der Waals surface area contributed by atoms with Gasteiger partial charge >= 0.3 is 0 Å². The average molecular weight is 270 g/mol. The van der Waals surface area contributed by atoms with Crippen LogP contribution >= 0.6 is 15.9 Å².